The van der Waals surface area contributed by atoms with Crippen molar-refractivity contribution in [3.05, 3.63) is 29.8 Å². The Bertz CT molecular complexity index is 430. The van der Waals surface area contributed by atoms with Gasteiger partial charge in [0.1, 0.15) is 5.75 Å². The average molecular weight is 246 g/mol. The highest BCUT2D eigenvalue weighted by molar-refractivity contribution is 5.94. The first kappa shape index (κ1) is 11.5. The molecule has 2 saturated heterocycles. The van der Waals surface area contributed by atoms with Crippen molar-refractivity contribution in [2.24, 2.45) is 5.92 Å². The maximum atomic E-state index is 12.3. The van der Waals surface area contributed by atoms with Crippen molar-refractivity contribution in [2.45, 2.75) is 18.9 Å². The number of fused-ring (bicyclic) bond motifs is 1. The second-order valence-corrected chi connectivity index (χ2v) is 5.22. The fourth-order valence-electron chi connectivity index (χ4n) is 3.00. The Labute approximate surface area is 107 Å². The maximum Gasteiger partial charge on any atom is 0.253 e. The van der Waals surface area contributed by atoms with E-state index in [-0.39, 0.29) is 11.7 Å². The molecule has 2 aliphatic rings. The molecule has 3 rings (SSSR count). The second kappa shape index (κ2) is 4.61. The summed E-state index contributed by atoms with van der Waals surface area (Å²) in [5.74, 6) is 0.884. The quantitative estimate of drug-likeness (QED) is 0.783. The van der Waals surface area contributed by atoms with Crippen LogP contribution in [0, 0.1) is 5.92 Å². The average Bonchev–Trinajstić information content (AvgIpc) is 2.82. The Kier molecular flexibility index (Phi) is 2.96. The molecule has 1 amide bonds. The standard InChI is InChI=1S/C14H18N2O2/c17-12-5-3-10(4-6-12)14(18)16-8-11-2-1-7-15-13(11)9-16/h3-6,11,13,15,17H,1-2,7-9H2/t11-,13+/m0/s1. The first-order valence-electron chi connectivity index (χ1n) is 6.56. The Morgan fingerprint density at radius 2 is 2.06 bits per heavy atom. The van der Waals surface area contributed by atoms with E-state index in [0.29, 0.717) is 17.5 Å². The molecule has 2 aliphatic heterocycles. The second-order valence-electron chi connectivity index (χ2n) is 5.22. The first-order chi connectivity index (χ1) is 8.74. The minimum Gasteiger partial charge on any atom is -0.508 e. The van der Waals surface area contributed by atoms with Gasteiger partial charge in [-0.3, -0.25) is 4.79 Å². The molecule has 2 heterocycles. The summed E-state index contributed by atoms with van der Waals surface area (Å²) in [6.45, 7) is 2.74. The van der Waals surface area contributed by atoms with E-state index >= 15 is 0 Å². The van der Waals surface area contributed by atoms with E-state index in [1.807, 2.05) is 4.90 Å². The molecular weight excluding hydrogens is 228 g/mol. The third kappa shape index (κ3) is 2.08. The molecule has 4 heteroatoms. The topological polar surface area (TPSA) is 52.6 Å². The van der Waals surface area contributed by atoms with Gasteiger partial charge in [-0.2, -0.15) is 0 Å². The van der Waals surface area contributed by atoms with Crippen LogP contribution in [0.25, 0.3) is 0 Å². The number of amides is 1. The highest BCUT2D eigenvalue weighted by Gasteiger charge is 2.36. The van der Waals surface area contributed by atoms with Crippen LogP contribution >= 0.6 is 0 Å². The van der Waals surface area contributed by atoms with Crippen LogP contribution < -0.4 is 5.32 Å². The van der Waals surface area contributed by atoms with Crippen LogP contribution in [-0.2, 0) is 0 Å². The maximum absolute atomic E-state index is 12.3. The van der Waals surface area contributed by atoms with Gasteiger partial charge in [0, 0.05) is 24.7 Å². The number of rotatable bonds is 1. The number of hydrogen-bond donors (Lipinski definition) is 2. The minimum atomic E-state index is 0.0752. The molecule has 0 radical (unpaired) electrons. The monoisotopic (exact) mass is 246 g/mol. The van der Waals surface area contributed by atoms with Gasteiger partial charge in [-0.15, -0.1) is 0 Å². The van der Waals surface area contributed by atoms with Crippen LogP contribution in [0.15, 0.2) is 24.3 Å². The summed E-state index contributed by atoms with van der Waals surface area (Å²) in [5, 5.41) is 12.7. The number of phenolic OH excluding ortho intramolecular Hbond substituents is 1. The number of likely N-dealkylation sites (tertiary alicyclic amines) is 1. The lowest BCUT2D eigenvalue weighted by Crippen LogP contribution is -2.41. The molecule has 2 N–H and O–H groups in total. The molecule has 0 spiro atoms. The normalized spacial score (nSPS) is 27.0. The Morgan fingerprint density at radius 3 is 2.78 bits per heavy atom. The number of phenols is 1. The molecule has 2 fully saturated rings. The molecule has 1 aromatic rings. The molecule has 4 nitrogen and oxygen atoms in total. The summed E-state index contributed by atoms with van der Waals surface area (Å²) in [6, 6.07) is 6.98. The zero-order valence-corrected chi connectivity index (χ0v) is 10.3. The lowest BCUT2D eigenvalue weighted by Gasteiger charge is -2.24. The van der Waals surface area contributed by atoms with Crippen molar-refractivity contribution in [3.63, 3.8) is 0 Å². The van der Waals surface area contributed by atoms with Crippen molar-refractivity contribution >= 4 is 5.91 Å². The van der Waals surface area contributed by atoms with Gasteiger partial charge in [-0.1, -0.05) is 0 Å². The van der Waals surface area contributed by atoms with Gasteiger partial charge in [0.05, 0.1) is 0 Å². The van der Waals surface area contributed by atoms with E-state index in [9.17, 15) is 9.90 Å². The van der Waals surface area contributed by atoms with Crippen LogP contribution in [0.5, 0.6) is 5.75 Å². The van der Waals surface area contributed by atoms with Crippen LogP contribution in [0.1, 0.15) is 23.2 Å². The Morgan fingerprint density at radius 1 is 1.28 bits per heavy atom. The largest absolute Gasteiger partial charge is 0.508 e. The zero-order valence-electron chi connectivity index (χ0n) is 10.3. The van der Waals surface area contributed by atoms with E-state index in [4.69, 9.17) is 0 Å². The number of nitrogens with one attached hydrogen (secondary N) is 1. The van der Waals surface area contributed by atoms with E-state index in [1.54, 1.807) is 24.3 Å². The summed E-state index contributed by atoms with van der Waals surface area (Å²) in [5.41, 5.74) is 0.659. The van der Waals surface area contributed by atoms with Gasteiger partial charge < -0.3 is 15.3 Å². The van der Waals surface area contributed by atoms with Crippen LogP contribution in [0.3, 0.4) is 0 Å². The van der Waals surface area contributed by atoms with Crippen LogP contribution in [0.2, 0.25) is 0 Å². The third-order valence-electron chi connectivity index (χ3n) is 4.00. The predicted molar refractivity (Wildman–Crippen MR) is 68.5 cm³/mol. The molecule has 18 heavy (non-hydrogen) atoms. The molecule has 0 unspecified atom stereocenters. The first-order valence-corrected chi connectivity index (χ1v) is 6.56. The molecule has 0 saturated carbocycles. The Balaban J connectivity index is 1.72. The lowest BCUT2D eigenvalue weighted by atomic mass is 9.94. The molecule has 0 aromatic heterocycles. The van der Waals surface area contributed by atoms with Gasteiger partial charge in [0.15, 0.2) is 0 Å². The summed E-state index contributed by atoms with van der Waals surface area (Å²) in [4.78, 5) is 14.2. The SMILES string of the molecule is O=C(c1ccc(O)cc1)N1C[C@@H]2CCCN[C@@H]2C1. The van der Waals surface area contributed by atoms with Gasteiger partial charge in [-0.25, -0.2) is 0 Å². The van der Waals surface area contributed by atoms with Gasteiger partial charge in [0.2, 0.25) is 0 Å². The van der Waals surface area contributed by atoms with Crippen LogP contribution in [0.4, 0.5) is 0 Å². The predicted octanol–water partition coefficient (Wildman–Crippen LogP) is 1.22. The van der Waals surface area contributed by atoms with E-state index in [2.05, 4.69) is 5.32 Å². The summed E-state index contributed by atoms with van der Waals surface area (Å²) >= 11 is 0. The van der Waals surface area contributed by atoms with Crippen molar-refractivity contribution in [3.8, 4) is 5.75 Å². The minimum absolute atomic E-state index is 0.0752. The number of carbonyl (C=O) groups is 1. The number of benzene rings is 1. The lowest BCUT2D eigenvalue weighted by molar-refractivity contribution is 0.0785. The summed E-state index contributed by atoms with van der Waals surface area (Å²) in [7, 11) is 0. The zero-order chi connectivity index (χ0) is 12.5. The molecule has 96 valence electrons. The third-order valence-corrected chi connectivity index (χ3v) is 4.00. The number of aromatic hydroxyl groups is 1. The molecule has 1 aromatic carbocycles. The van der Waals surface area contributed by atoms with Crippen molar-refractivity contribution in [1.29, 1.82) is 0 Å². The number of carbonyl (C=O) groups excluding carboxylic acids is 1. The number of nitrogens with zero attached hydrogens (tertiary/aromatic N) is 1. The van der Waals surface area contributed by atoms with Gasteiger partial charge >= 0.3 is 0 Å². The number of piperidine rings is 1. The molecule has 0 bridgehead atoms. The summed E-state index contributed by atoms with van der Waals surface area (Å²) < 4.78 is 0. The van der Waals surface area contributed by atoms with E-state index in [0.717, 1.165) is 19.6 Å². The summed E-state index contributed by atoms with van der Waals surface area (Å²) in [6.07, 6.45) is 2.43. The fourth-order valence-corrected chi connectivity index (χ4v) is 3.00. The molecule has 2 atom stereocenters. The van der Waals surface area contributed by atoms with Crippen molar-refractivity contribution in [2.75, 3.05) is 19.6 Å². The Hall–Kier alpha value is -1.55. The smallest absolute Gasteiger partial charge is 0.253 e. The van der Waals surface area contributed by atoms with Crippen molar-refractivity contribution < 1.29 is 9.90 Å². The fraction of sp³-hybridized carbons (Fsp3) is 0.500. The molecule has 0 aliphatic carbocycles. The van der Waals surface area contributed by atoms with Gasteiger partial charge in [0.25, 0.3) is 5.91 Å². The van der Waals surface area contributed by atoms with E-state index < -0.39 is 0 Å². The van der Waals surface area contributed by atoms with E-state index in [1.165, 1.54) is 12.8 Å². The van der Waals surface area contributed by atoms with Crippen LogP contribution in [-0.4, -0.2) is 41.6 Å². The van der Waals surface area contributed by atoms with Gasteiger partial charge in [-0.05, 0) is 49.6 Å². The highest BCUT2D eigenvalue weighted by Crippen LogP contribution is 2.26. The highest BCUT2D eigenvalue weighted by atomic mass is 16.3. The number of hydrogen-bond acceptors (Lipinski definition) is 3. The van der Waals surface area contributed by atoms with Crippen molar-refractivity contribution in [1.82, 2.24) is 10.2 Å². The molecular formula is C14H18N2O2.